The molecule has 0 unspecified atom stereocenters. The Hall–Kier alpha value is -4.07. The Kier molecular flexibility index (Phi) is 7.42. The number of furan rings is 1. The van der Waals surface area contributed by atoms with Gasteiger partial charge in [0, 0.05) is 24.3 Å². The molecule has 0 aliphatic carbocycles. The van der Waals surface area contributed by atoms with E-state index in [1.54, 1.807) is 60.7 Å². The highest BCUT2D eigenvalue weighted by molar-refractivity contribution is 6.06. The van der Waals surface area contributed by atoms with Crippen molar-refractivity contribution >= 4 is 23.4 Å². The molecule has 2 aromatic carbocycles. The van der Waals surface area contributed by atoms with E-state index in [2.05, 4.69) is 16.0 Å². The van der Waals surface area contributed by atoms with Crippen molar-refractivity contribution in [1.29, 1.82) is 0 Å². The fourth-order valence-electron chi connectivity index (χ4n) is 2.79. The van der Waals surface area contributed by atoms with Gasteiger partial charge in [-0.05, 0) is 55.5 Å². The van der Waals surface area contributed by atoms with Crippen LogP contribution in [0.3, 0.4) is 0 Å². The van der Waals surface area contributed by atoms with Gasteiger partial charge in [0.1, 0.15) is 5.75 Å². The molecule has 3 amide bonds. The maximum absolute atomic E-state index is 12.5. The van der Waals surface area contributed by atoms with Gasteiger partial charge in [0.05, 0.1) is 18.4 Å². The second-order valence-corrected chi connectivity index (χ2v) is 6.45. The molecule has 1 heterocycles. The van der Waals surface area contributed by atoms with Gasteiger partial charge in [-0.3, -0.25) is 14.4 Å². The van der Waals surface area contributed by atoms with Crippen molar-refractivity contribution in [3.8, 4) is 5.75 Å². The highest BCUT2D eigenvalue weighted by atomic mass is 16.5. The second-order valence-electron chi connectivity index (χ2n) is 6.45. The van der Waals surface area contributed by atoms with E-state index in [1.807, 2.05) is 6.92 Å². The van der Waals surface area contributed by atoms with Gasteiger partial charge in [-0.15, -0.1) is 0 Å². The van der Waals surface area contributed by atoms with Crippen LogP contribution in [-0.2, 0) is 0 Å². The lowest BCUT2D eigenvalue weighted by Gasteiger charge is -2.11. The Morgan fingerprint density at radius 1 is 0.839 bits per heavy atom. The molecule has 31 heavy (non-hydrogen) atoms. The number of amides is 3. The van der Waals surface area contributed by atoms with Gasteiger partial charge in [0.15, 0.2) is 5.76 Å². The Morgan fingerprint density at radius 3 is 2.23 bits per heavy atom. The number of benzene rings is 2. The quantitative estimate of drug-likeness (QED) is 0.460. The topological polar surface area (TPSA) is 110 Å². The summed E-state index contributed by atoms with van der Waals surface area (Å²) in [6.45, 7) is 2.84. The van der Waals surface area contributed by atoms with Gasteiger partial charge in [-0.25, -0.2) is 0 Å². The summed E-state index contributed by atoms with van der Waals surface area (Å²) in [5.74, 6) is -0.198. The molecule has 3 aromatic rings. The summed E-state index contributed by atoms with van der Waals surface area (Å²) in [7, 11) is 0. The second kappa shape index (κ2) is 10.6. The Balaban J connectivity index is 1.48. The van der Waals surface area contributed by atoms with Crippen LogP contribution in [0.2, 0.25) is 0 Å². The minimum Gasteiger partial charge on any atom is -0.493 e. The number of para-hydroxylation sites is 1. The lowest BCUT2D eigenvalue weighted by Crippen LogP contribution is -2.34. The molecular formula is C23H23N3O5. The SMILES string of the molecule is CCOc1ccccc1C(=O)Nc1ccc(C(=O)NCCNC(=O)c2ccco2)cc1. The lowest BCUT2D eigenvalue weighted by molar-refractivity contribution is 0.0910. The summed E-state index contributed by atoms with van der Waals surface area (Å²) in [4.78, 5) is 36.5. The minimum atomic E-state index is -0.342. The first kappa shape index (κ1) is 21.6. The van der Waals surface area contributed by atoms with Crippen LogP contribution in [0.25, 0.3) is 0 Å². The molecule has 8 heteroatoms. The third kappa shape index (κ3) is 5.96. The van der Waals surface area contributed by atoms with Crippen LogP contribution in [0, 0.1) is 0 Å². The fraction of sp³-hybridized carbons (Fsp3) is 0.174. The standard InChI is InChI=1S/C23H23N3O5/c1-2-30-19-7-4-3-6-18(19)22(28)26-17-11-9-16(10-12-17)21(27)24-13-14-25-23(29)20-8-5-15-31-20/h3-12,15H,2,13-14H2,1H3,(H,24,27)(H,25,29)(H,26,28). The molecule has 0 saturated heterocycles. The largest absolute Gasteiger partial charge is 0.493 e. The van der Waals surface area contributed by atoms with Gasteiger partial charge >= 0.3 is 0 Å². The molecule has 0 saturated carbocycles. The van der Waals surface area contributed by atoms with Gasteiger partial charge in [0.25, 0.3) is 17.7 Å². The minimum absolute atomic E-state index is 0.216. The van der Waals surface area contributed by atoms with Crippen LogP contribution < -0.4 is 20.7 Å². The molecule has 1 aromatic heterocycles. The summed E-state index contributed by atoms with van der Waals surface area (Å²) in [5, 5.41) is 8.16. The average molecular weight is 421 g/mol. The summed E-state index contributed by atoms with van der Waals surface area (Å²) in [5.41, 5.74) is 1.42. The highest BCUT2D eigenvalue weighted by Crippen LogP contribution is 2.20. The van der Waals surface area contributed by atoms with Crippen LogP contribution in [0.4, 0.5) is 5.69 Å². The number of carbonyl (C=O) groups excluding carboxylic acids is 3. The van der Waals surface area contributed by atoms with Gasteiger partial charge < -0.3 is 25.1 Å². The molecule has 8 nitrogen and oxygen atoms in total. The van der Waals surface area contributed by atoms with Crippen molar-refractivity contribution in [2.75, 3.05) is 25.0 Å². The maximum atomic E-state index is 12.5. The van der Waals surface area contributed by atoms with E-state index < -0.39 is 0 Å². The van der Waals surface area contributed by atoms with Crippen LogP contribution in [0.5, 0.6) is 5.75 Å². The fourth-order valence-corrected chi connectivity index (χ4v) is 2.79. The number of nitrogens with one attached hydrogen (secondary N) is 3. The zero-order valence-electron chi connectivity index (χ0n) is 17.0. The molecule has 0 bridgehead atoms. The van der Waals surface area contributed by atoms with E-state index in [9.17, 15) is 14.4 Å². The molecule has 0 aliphatic rings. The predicted molar refractivity (Wildman–Crippen MR) is 115 cm³/mol. The van der Waals surface area contributed by atoms with E-state index in [1.165, 1.54) is 6.26 Å². The summed E-state index contributed by atoms with van der Waals surface area (Å²) in [6, 6.07) is 16.7. The number of rotatable bonds is 9. The smallest absolute Gasteiger partial charge is 0.287 e. The van der Waals surface area contributed by atoms with Crippen LogP contribution in [-0.4, -0.2) is 37.4 Å². The summed E-state index contributed by atoms with van der Waals surface area (Å²) >= 11 is 0. The first-order chi connectivity index (χ1) is 15.1. The molecule has 3 N–H and O–H groups in total. The molecule has 0 aliphatic heterocycles. The molecule has 0 atom stereocenters. The summed E-state index contributed by atoms with van der Waals surface area (Å²) in [6.07, 6.45) is 1.42. The number of ether oxygens (including phenoxy) is 1. The van der Waals surface area contributed by atoms with Crippen molar-refractivity contribution in [1.82, 2.24) is 10.6 Å². The van der Waals surface area contributed by atoms with E-state index >= 15 is 0 Å². The molecule has 0 fully saturated rings. The Labute approximate surface area is 179 Å². The van der Waals surface area contributed by atoms with Crippen molar-refractivity contribution < 1.29 is 23.5 Å². The zero-order valence-corrected chi connectivity index (χ0v) is 17.0. The lowest BCUT2D eigenvalue weighted by atomic mass is 10.1. The van der Waals surface area contributed by atoms with Crippen LogP contribution in [0.15, 0.2) is 71.3 Å². The van der Waals surface area contributed by atoms with E-state index in [-0.39, 0.29) is 36.6 Å². The third-order valence-electron chi connectivity index (χ3n) is 4.28. The highest BCUT2D eigenvalue weighted by Gasteiger charge is 2.13. The molecule has 0 radical (unpaired) electrons. The van der Waals surface area contributed by atoms with Crippen molar-refractivity contribution in [3.63, 3.8) is 0 Å². The first-order valence-electron chi connectivity index (χ1n) is 9.81. The normalized spacial score (nSPS) is 10.2. The monoisotopic (exact) mass is 421 g/mol. The Morgan fingerprint density at radius 2 is 1.55 bits per heavy atom. The zero-order chi connectivity index (χ0) is 22.1. The van der Waals surface area contributed by atoms with Crippen LogP contribution >= 0.6 is 0 Å². The van der Waals surface area contributed by atoms with Crippen molar-refractivity contribution in [3.05, 3.63) is 83.8 Å². The van der Waals surface area contributed by atoms with Crippen molar-refractivity contribution in [2.24, 2.45) is 0 Å². The number of hydrogen-bond donors (Lipinski definition) is 3. The summed E-state index contributed by atoms with van der Waals surface area (Å²) < 4.78 is 10.5. The average Bonchev–Trinajstić information content (AvgIpc) is 3.33. The van der Waals surface area contributed by atoms with Gasteiger partial charge in [0.2, 0.25) is 0 Å². The molecule has 160 valence electrons. The van der Waals surface area contributed by atoms with Crippen LogP contribution in [0.1, 0.15) is 38.2 Å². The molecule has 0 spiro atoms. The van der Waals surface area contributed by atoms with Gasteiger partial charge in [-0.2, -0.15) is 0 Å². The van der Waals surface area contributed by atoms with Gasteiger partial charge in [-0.1, -0.05) is 12.1 Å². The number of anilines is 1. The number of hydrogen-bond acceptors (Lipinski definition) is 5. The first-order valence-corrected chi connectivity index (χ1v) is 9.81. The Bertz CT molecular complexity index is 1030. The number of carbonyl (C=O) groups is 3. The van der Waals surface area contributed by atoms with E-state index in [0.717, 1.165) is 0 Å². The predicted octanol–water partition coefficient (Wildman–Crippen LogP) is 3.09. The van der Waals surface area contributed by atoms with E-state index in [0.29, 0.717) is 29.2 Å². The maximum Gasteiger partial charge on any atom is 0.287 e. The van der Waals surface area contributed by atoms with E-state index in [4.69, 9.17) is 9.15 Å². The van der Waals surface area contributed by atoms with Crippen molar-refractivity contribution in [2.45, 2.75) is 6.92 Å². The third-order valence-corrected chi connectivity index (χ3v) is 4.28. The molecule has 3 rings (SSSR count). The molecular weight excluding hydrogens is 398 g/mol.